The van der Waals surface area contributed by atoms with Crippen LogP contribution in [-0.2, 0) is 25.6 Å². The molecule has 2 fully saturated rings. The van der Waals surface area contributed by atoms with Crippen LogP contribution in [0.15, 0.2) is 46.0 Å². The van der Waals surface area contributed by atoms with Crippen LogP contribution < -0.4 is 4.90 Å². The van der Waals surface area contributed by atoms with Gasteiger partial charge >= 0.3 is 0 Å². The van der Waals surface area contributed by atoms with Gasteiger partial charge in [-0.2, -0.15) is 8.61 Å². The molecule has 0 amide bonds. The monoisotopic (exact) mass is 541 g/mol. The summed E-state index contributed by atoms with van der Waals surface area (Å²) in [7, 11) is -7.10. The number of piperazine rings is 1. The Morgan fingerprint density at radius 1 is 1.06 bits per heavy atom. The van der Waals surface area contributed by atoms with Gasteiger partial charge < -0.3 is 10.0 Å². The molecule has 2 aliphatic rings. The van der Waals surface area contributed by atoms with Crippen molar-refractivity contribution in [3.05, 3.63) is 47.3 Å². The summed E-state index contributed by atoms with van der Waals surface area (Å²) in [5.74, 6) is 0.360. The first-order valence-electron chi connectivity index (χ1n) is 11.9. The Bertz CT molecular complexity index is 1200. The molecular weight excluding hydrogens is 506 g/mol. The maximum absolute atomic E-state index is 13.3. The van der Waals surface area contributed by atoms with Gasteiger partial charge in [-0.1, -0.05) is 24.6 Å². The van der Waals surface area contributed by atoms with Gasteiger partial charge in [0, 0.05) is 38.4 Å². The van der Waals surface area contributed by atoms with E-state index in [1.807, 2.05) is 24.3 Å². The molecule has 2 heterocycles. The van der Waals surface area contributed by atoms with Crippen LogP contribution in [0.3, 0.4) is 0 Å². The third kappa shape index (κ3) is 6.08. The average Bonchev–Trinajstić information content (AvgIpc) is 3.30. The Morgan fingerprint density at radius 3 is 2.26 bits per heavy atom. The number of sulfonamides is 2. The highest BCUT2D eigenvalue weighted by molar-refractivity contribution is 7.91. The van der Waals surface area contributed by atoms with Crippen molar-refractivity contribution in [3.63, 3.8) is 0 Å². The molecule has 1 aromatic carbocycles. The van der Waals surface area contributed by atoms with Crippen molar-refractivity contribution < 1.29 is 21.9 Å². The van der Waals surface area contributed by atoms with Crippen LogP contribution in [0.5, 0.6) is 0 Å². The van der Waals surface area contributed by atoms with Crippen LogP contribution in [0, 0.1) is 5.92 Å². The zero-order valence-corrected chi connectivity index (χ0v) is 22.9. The average molecular weight is 542 g/mol. The predicted molar refractivity (Wildman–Crippen MR) is 140 cm³/mol. The van der Waals surface area contributed by atoms with Gasteiger partial charge in [0.25, 0.3) is 10.0 Å². The van der Waals surface area contributed by atoms with E-state index >= 15 is 0 Å². The highest BCUT2D eigenvalue weighted by atomic mass is 32.2. The molecule has 8 nitrogen and oxygen atoms in total. The largest absolute Gasteiger partial charge is 0.386 e. The topological polar surface area (TPSA) is 98.2 Å². The number of nitrogens with zero attached hydrogens (tertiary/aromatic N) is 3. The van der Waals surface area contributed by atoms with Crippen molar-refractivity contribution >= 4 is 37.1 Å². The first-order valence-corrected chi connectivity index (χ1v) is 16.1. The van der Waals surface area contributed by atoms with Gasteiger partial charge in [0.15, 0.2) is 0 Å². The summed E-state index contributed by atoms with van der Waals surface area (Å²) in [4.78, 5) is 2.10. The van der Waals surface area contributed by atoms with Crippen LogP contribution in [0.1, 0.15) is 38.7 Å². The van der Waals surface area contributed by atoms with Gasteiger partial charge in [-0.25, -0.2) is 16.8 Å². The van der Waals surface area contributed by atoms with E-state index in [1.54, 1.807) is 31.4 Å². The molecule has 0 unspecified atom stereocenters. The molecule has 0 radical (unpaired) electrons. The van der Waals surface area contributed by atoms with E-state index in [2.05, 4.69) is 4.90 Å². The molecule has 11 heteroatoms. The molecule has 1 atom stereocenters. The molecule has 1 aliphatic carbocycles. The van der Waals surface area contributed by atoms with Crippen molar-refractivity contribution in [2.45, 2.75) is 49.0 Å². The van der Waals surface area contributed by atoms with E-state index < -0.39 is 25.6 Å². The van der Waals surface area contributed by atoms with Crippen molar-refractivity contribution in [1.29, 1.82) is 0 Å². The highest BCUT2D eigenvalue weighted by Crippen LogP contribution is 2.31. The second-order valence-corrected chi connectivity index (χ2v) is 15.2. The lowest BCUT2D eigenvalue weighted by Gasteiger charge is -2.44. The number of aliphatic hydroxyl groups is 1. The molecule has 194 valence electrons. The summed E-state index contributed by atoms with van der Waals surface area (Å²) in [6.45, 7) is 5.10. The second kappa shape index (κ2) is 10.1. The fourth-order valence-electron chi connectivity index (χ4n) is 4.68. The molecule has 1 aromatic heterocycles. The standard InChI is InChI=1S/C24H35N3O5S3/c1-24(2,28)20-9-11-21(12-10-20)27-14-13-25(35(31,32)23-8-5-15-33-23)17-22(27)18-26(34(3,29)30)16-19-6-4-7-19/h5,8-12,15,19,22,28H,4,6-7,13-14,16-18H2,1-3H3/t22-/m1/s1. The Kier molecular flexibility index (Phi) is 7.67. The molecule has 0 spiro atoms. The lowest BCUT2D eigenvalue weighted by Crippen LogP contribution is -2.59. The van der Waals surface area contributed by atoms with Crippen LogP contribution in [-0.4, -0.2) is 75.6 Å². The number of anilines is 1. The van der Waals surface area contributed by atoms with Gasteiger partial charge in [0.05, 0.1) is 17.9 Å². The van der Waals surface area contributed by atoms with Crippen molar-refractivity contribution in [3.8, 4) is 0 Å². The lowest BCUT2D eigenvalue weighted by molar-refractivity contribution is 0.0786. The first kappa shape index (κ1) is 26.6. The molecule has 35 heavy (non-hydrogen) atoms. The molecule has 1 saturated heterocycles. The summed E-state index contributed by atoms with van der Waals surface area (Å²) in [6.07, 6.45) is 4.41. The van der Waals surface area contributed by atoms with Crippen molar-refractivity contribution in [1.82, 2.24) is 8.61 Å². The van der Waals surface area contributed by atoms with Gasteiger partial charge in [-0.3, -0.25) is 0 Å². The summed E-state index contributed by atoms with van der Waals surface area (Å²) in [5.41, 5.74) is 0.689. The fourth-order valence-corrected chi connectivity index (χ4v) is 8.22. The van der Waals surface area contributed by atoms with E-state index in [4.69, 9.17) is 0 Å². The quantitative estimate of drug-likeness (QED) is 0.524. The van der Waals surface area contributed by atoms with Crippen LogP contribution >= 0.6 is 11.3 Å². The van der Waals surface area contributed by atoms with Gasteiger partial charge in [0.2, 0.25) is 10.0 Å². The Labute approximate surface area is 213 Å². The van der Waals surface area contributed by atoms with Crippen molar-refractivity contribution in [2.24, 2.45) is 5.92 Å². The Hall–Kier alpha value is -1.50. The van der Waals surface area contributed by atoms with E-state index in [1.165, 1.54) is 26.2 Å². The summed E-state index contributed by atoms with van der Waals surface area (Å²) in [6, 6.07) is 10.5. The number of benzene rings is 1. The van der Waals surface area contributed by atoms with E-state index in [0.717, 1.165) is 30.5 Å². The lowest BCUT2D eigenvalue weighted by atomic mass is 9.85. The smallest absolute Gasteiger partial charge is 0.252 e. The number of thiophene rings is 1. The molecule has 1 saturated carbocycles. The minimum Gasteiger partial charge on any atom is -0.386 e. The normalized spacial score (nSPS) is 20.8. The zero-order chi connectivity index (χ0) is 25.4. The SMILES string of the molecule is CC(C)(O)c1ccc(N2CCN(S(=O)(=O)c3cccs3)C[C@@H]2CN(CC2CCC2)S(C)(=O)=O)cc1. The molecule has 2 aromatic rings. The van der Waals surface area contributed by atoms with Crippen LogP contribution in [0.4, 0.5) is 5.69 Å². The van der Waals surface area contributed by atoms with Crippen LogP contribution in [0.25, 0.3) is 0 Å². The molecule has 1 aliphatic heterocycles. The van der Waals surface area contributed by atoms with Crippen LogP contribution in [0.2, 0.25) is 0 Å². The third-order valence-electron chi connectivity index (χ3n) is 7.01. The van der Waals surface area contributed by atoms with Crippen molar-refractivity contribution in [2.75, 3.05) is 43.9 Å². The Morgan fingerprint density at radius 2 is 1.74 bits per heavy atom. The second-order valence-electron chi connectivity index (χ2n) is 10.1. The van der Waals surface area contributed by atoms with Gasteiger partial charge in [0.1, 0.15) is 4.21 Å². The molecule has 1 N–H and O–H groups in total. The molecular formula is C24H35N3O5S3. The highest BCUT2D eigenvalue weighted by Gasteiger charge is 2.38. The third-order valence-corrected chi connectivity index (χ3v) is 11.5. The maximum atomic E-state index is 13.3. The minimum atomic E-state index is -3.65. The number of hydrogen-bond donors (Lipinski definition) is 1. The number of rotatable bonds is 9. The Balaban J connectivity index is 1.63. The molecule has 0 bridgehead atoms. The van der Waals surface area contributed by atoms with E-state index in [9.17, 15) is 21.9 Å². The summed E-state index contributed by atoms with van der Waals surface area (Å²) >= 11 is 1.19. The van der Waals surface area contributed by atoms with E-state index in [-0.39, 0.29) is 19.1 Å². The predicted octanol–water partition coefficient (Wildman–Crippen LogP) is 2.92. The van der Waals surface area contributed by atoms with E-state index in [0.29, 0.717) is 29.8 Å². The van der Waals surface area contributed by atoms with Gasteiger partial charge in [-0.05, 0) is 61.7 Å². The van der Waals surface area contributed by atoms with Gasteiger partial charge in [-0.15, -0.1) is 11.3 Å². The summed E-state index contributed by atoms with van der Waals surface area (Å²) < 4.78 is 55.2. The fraction of sp³-hybridized carbons (Fsp3) is 0.583. The first-order chi connectivity index (χ1) is 16.4. The zero-order valence-electron chi connectivity index (χ0n) is 20.5. The molecule has 4 rings (SSSR count). The summed E-state index contributed by atoms with van der Waals surface area (Å²) in [5, 5.41) is 12.1. The number of hydrogen-bond acceptors (Lipinski definition) is 7. The minimum absolute atomic E-state index is 0.199. The maximum Gasteiger partial charge on any atom is 0.252 e.